The van der Waals surface area contributed by atoms with Crippen LogP contribution >= 0.6 is 0 Å². The second-order valence-corrected chi connectivity index (χ2v) is 8.01. The van der Waals surface area contributed by atoms with E-state index >= 15 is 0 Å². The summed E-state index contributed by atoms with van der Waals surface area (Å²) >= 11 is 0. The van der Waals surface area contributed by atoms with E-state index in [2.05, 4.69) is 31.3 Å². The van der Waals surface area contributed by atoms with Gasteiger partial charge in [-0.1, -0.05) is 44.2 Å². The zero-order valence-electron chi connectivity index (χ0n) is 17.4. The van der Waals surface area contributed by atoms with Crippen LogP contribution in [0.2, 0.25) is 0 Å². The number of benzene rings is 2. The number of rotatable bonds is 6. The molecule has 1 heterocycles. The van der Waals surface area contributed by atoms with Gasteiger partial charge in [0, 0.05) is 24.2 Å². The van der Waals surface area contributed by atoms with Gasteiger partial charge in [0.2, 0.25) is 5.91 Å². The SMILES string of the molecule is CC(C)C(CC(=O)Nc1ccc(C(=O)N2CCOCC2C)cc1)c1ccccc1. The lowest BCUT2D eigenvalue weighted by Gasteiger charge is -2.33. The highest BCUT2D eigenvalue weighted by atomic mass is 16.5. The number of carbonyl (C=O) groups excluding carboxylic acids is 2. The van der Waals surface area contributed by atoms with Crippen LogP contribution in [0, 0.1) is 5.92 Å². The first-order chi connectivity index (χ1) is 14.0. The molecule has 5 heteroatoms. The minimum Gasteiger partial charge on any atom is -0.377 e. The first-order valence-electron chi connectivity index (χ1n) is 10.3. The molecule has 2 amide bonds. The molecule has 154 valence electrons. The van der Waals surface area contributed by atoms with Crippen LogP contribution in [0.25, 0.3) is 0 Å². The first kappa shape index (κ1) is 21.1. The summed E-state index contributed by atoms with van der Waals surface area (Å²) < 4.78 is 5.40. The van der Waals surface area contributed by atoms with Crippen LogP contribution in [-0.4, -0.2) is 42.5 Å². The highest BCUT2D eigenvalue weighted by molar-refractivity contribution is 5.96. The fourth-order valence-corrected chi connectivity index (χ4v) is 3.74. The molecular formula is C24H30N2O3. The van der Waals surface area contributed by atoms with Crippen LogP contribution in [0.3, 0.4) is 0 Å². The molecule has 1 saturated heterocycles. The monoisotopic (exact) mass is 394 g/mol. The number of hydrogen-bond acceptors (Lipinski definition) is 3. The maximum absolute atomic E-state index is 12.7. The number of carbonyl (C=O) groups is 2. The standard InChI is InChI=1S/C24H30N2O3/c1-17(2)22(19-7-5-4-6-8-19)15-23(27)25-21-11-9-20(10-12-21)24(28)26-13-14-29-16-18(26)3/h4-12,17-18,22H,13-16H2,1-3H3,(H,25,27). The summed E-state index contributed by atoms with van der Waals surface area (Å²) in [6, 6.07) is 17.4. The maximum atomic E-state index is 12.7. The summed E-state index contributed by atoms with van der Waals surface area (Å²) in [6.07, 6.45) is 0.424. The summed E-state index contributed by atoms with van der Waals surface area (Å²) in [7, 11) is 0. The number of hydrogen-bond donors (Lipinski definition) is 1. The van der Waals surface area contributed by atoms with Gasteiger partial charge < -0.3 is 15.0 Å². The Labute approximate surface area is 173 Å². The van der Waals surface area contributed by atoms with Crippen molar-refractivity contribution in [3.63, 3.8) is 0 Å². The van der Waals surface area contributed by atoms with Crippen molar-refractivity contribution in [1.82, 2.24) is 4.90 Å². The predicted molar refractivity (Wildman–Crippen MR) is 115 cm³/mol. The van der Waals surface area contributed by atoms with Crippen molar-refractivity contribution in [3.8, 4) is 0 Å². The van der Waals surface area contributed by atoms with Gasteiger partial charge in [0.25, 0.3) is 5.91 Å². The quantitative estimate of drug-likeness (QED) is 0.794. The molecule has 0 aliphatic carbocycles. The van der Waals surface area contributed by atoms with Crippen LogP contribution in [-0.2, 0) is 9.53 Å². The second kappa shape index (κ2) is 9.70. The van der Waals surface area contributed by atoms with Crippen LogP contribution in [0.1, 0.15) is 49.0 Å². The van der Waals surface area contributed by atoms with Gasteiger partial charge in [0.15, 0.2) is 0 Å². The van der Waals surface area contributed by atoms with Crippen molar-refractivity contribution >= 4 is 17.5 Å². The van der Waals surface area contributed by atoms with E-state index in [4.69, 9.17) is 4.74 Å². The Morgan fingerprint density at radius 1 is 1.10 bits per heavy atom. The van der Waals surface area contributed by atoms with Gasteiger partial charge in [-0.2, -0.15) is 0 Å². The summed E-state index contributed by atoms with van der Waals surface area (Å²) in [5, 5.41) is 2.97. The molecular weight excluding hydrogens is 364 g/mol. The molecule has 2 unspecified atom stereocenters. The maximum Gasteiger partial charge on any atom is 0.254 e. The predicted octanol–water partition coefficient (Wildman–Crippen LogP) is 4.32. The first-order valence-corrected chi connectivity index (χ1v) is 10.3. The molecule has 0 aromatic heterocycles. The Balaban J connectivity index is 1.61. The van der Waals surface area contributed by atoms with Crippen LogP contribution in [0.15, 0.2) is 54.6 Å². The van der Waals surface area contributed by atoms with Crippen molar-refractivity contribution in [2.75, 3.05) is 25.1 Å². The average molecular weight is 395 g/mol. The summed E-state index contributed by atoms with van der Waals surface area (Å²) in [6.45, 7) is 8.01. The highest BCUT2D eigenvalue weighted by Gasteiger charge is 2.25. The molecule has 0 radical (unpaired) electrons. The van der Waals surface area contributed by atoms with Gasteiger partial charge in [-0.05, 0) is 48.6 Å². The Morgan fingerprint density at radius 3 is 2.41 bits per heavy atom. The fraction of sp³-hybridized carbons (Fsp3) is 0.417. The summed E-state index contributed by atoms with van der Waals surface area (Å²) in [5.74, 6) is 0.509. The lowest BCUT2D eigenvalue weighted by atomic mass is 9.85. The molecule has 0 saturated carbocycles. The number of amides is 2. The van der Waals surface area contributed by atoms with Crippen molar-refractivity contribution in [3.05, 3.63) is 65.7 Å². The highest BCUT2D eigenvalue weighted by Crippen LogP contribution is 2.28. The molecule has 2 aromatic carbocycles. The van der Waals surface area contributed by atoms with E-state index < -0.39 is 0 Å². The van der Waals surface area contributed by atoms with Gasteiger partial charge in [0.1, 0.15) is 0 Å². The lowest BCUT2D eigenvalue weighted by molar-refractivity contribution is -0.116. The van der Waals surface area contributed by atoms with Crippen molar-refractivity contribution < 1.29 is 14.3 Å². The third-order valence-electron chi connectivity index (χ3n) is 5.48. The average Bonchev–Trinajstić information content (AvgIpc) is 2.73. The Morgan fingerprint density at radius 2 is 1.79 bits per heavy atom. The molecule has 1 N–H and O–H groups in total. The smallest absolute Gasteiger partial charge is 0.254 e. The molecule has 0 bridgehead atoms. The Bertz CT molecular complexity index is 818. The molecule has 3 rings (SSSR count). The molecule has 29 heavy (non-hydrogen) atoms. The minimum absolute atomic E-state index is 0.00243. The zero-order valence-corrected chi connectivity index (χ0v) is 17.4. The van der Waals surface area contributed by atoms with Gasteiger partial charge in [-0.15, -0.1) is 0 Å². The van der Waals surface area contributed by atoms with Gasteiger partial charge in [0.05, 0.1) is 19.3 Å². The molecule has 2 atom stereocenters. The number of nitrogens with zero attached hydrogens (tertiary/aromatic N) is 1. The second-order valence-electron chi connectivity index (χ2n) is 8.01. The van der Waals surface area contributed by atoms with E-state index in [9.17, 15) is 9.59 Å². The third kappa shape index (κ3) is 5.45. The molecule has 1 aliphatic heterocycles. The number of morpholine rings is 1. The molecule has 1 aliphatic rings. The molecule has 2 aromatic rings. The van der Waals surface area contributed by atoms with Crippen molar-refractivity contribution in [1.29, 1.82) is 0 Å². The molecule has 0 spiro atoms. The molecule has 1 fully saturated rings. The topological polar surface area (TPSA) is 58.6 Å². The lowest BCUT2D eigenvalue weighted by Crippen LogP contribution is -2.47. The van der Waals surface area contributed by atoms with E-state index in [1.54, 1.807) is 24.3 Å². The minimum atomic E-state index is -0.0200. The zero-order chi connectivity index (χ0) is 20.8. The number of ether oxygens (including phenoxy) is 1. The van der Waals surface area contributed by atoms with Crippen LogP contribution in [0.5, 0.6) is 0 Å². The Kier molecular flexibility index (Phi) is 7.04. The van der Waals surface area contributed by atoms with Gasteiger partial charge in [-0.3, -0.25) is 9.59 Å². The van der Waals surface area contributed by atoms with Crippen LogP contribution in [0.4, 0.5) is 5.69 Å². The van der Waals surface area contributed by atoms with Gasteiger partial charge >= 0.3 is 0 Å². The largest absolute Gasteiger partial charge is 0.377 e. The normalized spacial score (nSPS) is 17.8. The van der Waals surface area contributed by atoms with E-state index in [1.165, 1.54) is 5.56 Å². The van der Waals surface area contributed by atoms with Crippen molar-refractivity contribution in [2.24, 2.45) is 5.92 Å². The number of anilines is 1. The van der Waals surface area contributed by atoms with E-state index in [1.807, 2.05) is 30.0 Å². The van der Waals surface area contributed by atoms with E-state index in [-0.39, 0.29) is 23.8 Å². The summed E-state index contributed by atoms with van der Waals surface area (Å²) in [4.78, 5) is 27.2. The fourth-order valence-electron chi connectivity index (χ4n) is 3.74. The van der Waals surface area contributed by atoms with E-state index in [0.29, 0.717) is 43.3 Å². The number of nitrogens with one attached hydrogen (secondary N) is 1. The van der Waals surface area contributed by atoms with Crippen molar-refractivity contribution in [2.45, 2.75) is 39.2 Å². The summed E-state index contributed by atoms with van der Waals surface area (Å²) in [5.41, 5.74) is 2.51. The Hall–Kier alpha value is -2.66. The van der Waals surface area contributed by atoms with E-state index in [0.717, 1.165) is 0 Å². The van der Waals surface area contributed by atoms with Crippen LogP contribution < -0.4 is 5.32 Å². The molecule has 5 nitrogen and oxygen atoms in total. The van der Waals surface area contributed by atoms with Gasteiger partial charge in [-0.25, -0.2) is 0 Å². The third-order valence-corrected chi connectivity index (χ3v) is 5.48.